The number of aliphatic hydroxyl groups is 1. The fraction of sp³-hybridized carbons (Fsp3) is 0.611. The monoisotopic (exact) mass is 269 g/mol. The molecule has 0 bridgehead atoms. The molecular formula is C18H23NO. The largest absolute Gasteiger partial charge is 0.388 e. The Kier molecular flexibility index (Phi) is 3.34. The number of hydrogen-bond acceptors (Lipinski definition) is 2. The minimum Gasteiger partial charge on any atom is -0.388 e. The predicted molar refractivity (Wildman–Crippen MR) is 79.3 cm³/mol. The van der Waals surface area contributed by atoms with Crippen LogP contribution in [0.5, 0.6) is 0 Å². The maximum Gasteiger partial charge on any atom is 0.111 e. The van der Waals surface area contributed by atoms with Crippen LogP contribution in [0.1, 0.15) is 56.6 Å². The molecule has 20 heavy (non-hydrogen) atoms. The van der Waals surface area contributed by atoms with Gasteiger partial charge in [-0.15, -0.1) is 0 Å². The molecule has 1 saturated carbocycles. The lowest BCUT2D eigenvalue weighted by atomic mass is 9.58. The molecule has 0 saturated heterocycles. The number of hydrogen-bond donors (Lipinski definition) is 1. The topological polar surface area (TPSA) is 44.0 Å². The van der Waals surface area contributed by atoms with Gasteiger partial charge in [0.15, 0.2) is 0 Å². The fourth-order valence-corrected chi connectivity index (χ4v) is 4.66. The Morgan fingerprint density at radius 1 is 1.30 bits per heavy atom. The summed E-state index contributed by atoms with van der Waals surface area (Å²) in [5.74, 6) is 0.258. The zero-order valence-corrected chi connectivity index (χ0v) is 12.2. The van der Waals surface area contributed by atoms with Crippen LogP contribution in [0.15, 0.2) is 24.3 Å². The summed E-state index contributed by atoms with van der Waals surface area (Å²) >= 11 is 0. The molecular weight excluding hydrogens is 246 g/mol. The highest BCUT2D eigenvalue weighted by Crippen LogP contribution is 2.54. The third-order valence-corrected chi connectivity index (χ3v) is 5.68. The van der Waals surface area contributed by atoms with Gasteiger partial charge in [-0.2, -0.15) is 5.26 Å². The van der Waals surface area contributed by atoms with E-state index in [2.05, 4.69) is 25.1 Å². The van der Waals surface area contributed by atoms with Gasteiger partial charge in [-0.1, -0.05) is 44.0 Å². The minimum atomic E-state index is -0.840. The van der Waals surface area contributed by atoms with E-state index in [4.69, 9.17) is 0 Å². The SMILES string of the molecule is CCC1CCCC1(O)C1(C#N)CCCc2ccccc21. The van der Waals surface area contributed by atoms with Gasteiger partial charge < -0.3 is 5.11 Å². The molecule has 1 aromatic rings. The van der Waals surface area contributed by atoms with Gasteiger partial charge in [0.05, 0.1) is 11.7 Å². The van der Waals surface area contributed by atoms with E-state index in [1.165, 1.54) is 5.56 Å². The summed E-state index contributed by atoms with van der Waals surface area (Å²) in [4.78, 5) is 0. The normalized spacial score (nSPS) is 36.4. The zero-order chi connectivity index (χ0) is 14.2. The molecule has 1 N–H and O–H groups in total. The third-order valence-electron chi connectivity index (χ3n) is 5.68. The smallest absolute Gasteiger partial charge is 0.111 e. The molecule has 0 aliphatic heterocycles. The van der Waals surface area contributed by atoms with Gasteiger partial charge in [-0.05, 0) is 49.1 Å². The van der Waals surface area contributed by atoms with Gasteiger partial charge in [0.25, 0.3) is 0 Å². The van der Waals surface area contributed by atoms with Crippen LogP contribution in [0.4, 0.5) is 0 Å². The first kappa shape index (κ1) is 13.6. The second-order valence-corrected chi connectivity index (χ2v) is 6.45. The van der Waals surface area contributed by atoms with Crippen molar-refractivity contribution in [2.75, 3.05) is 0 Å². The molecule has 3 unspecified atom stereocenters. The lowest BCUT2D eigenvalue weighted by Crippen LogP contribution is -2.54. The maximum absolute atomic E-state index is 11.5. The molecule has 0 spiro atoms. The second-order valence-electron chi connectivity index (χ2n) is 6.45. The van der Waals surface area contributed by atoms with Gasteiger partial charge in [0, 0.05) is 0 Å². The molecule has 1 fully saturated rings. The lowest BCUT2D eigenvalue weighted by molar-refractivity contribution is -0.0575. The van der Waals surface area contributed by atoms with E-state index in [0.717, 1.165) is 50.5 Å². The zero-order valence-electron chi connectivity index (χ0n) is 12.2. The third kappa shape index (κ3) is 1.66. The first-order valence-electron chi connectivity index (χ1n) is 7.90. The van der Waals surface area contributed by atoms with Crippen molar-refractivity contribution in [2.24, 2.45) is 5.92 Å². The fourth-order valence-electron chi connectivity index (χ4n) is 4.66. The molecule has 3 rings (SSSR count). The van der Waals surface area contributed by atoms with E-state index in [9.17, 15) is 10.4 Å². The second kappa shape index (κ2) is 4.90. The van der Waals surface area contributed by atoms with E-state index < -0.39 is 11.0 Å². The Hall–Kier alpha value is -1.33. The van der Waals surface area contributed by atoms with Crippen molar-refractivity contribution in [1.82, 2.24) is 0 Å². The summed E-state index contributed by atoms with van der Waals surface area (Å²) in [7, 11) is 0. The molecule has 2 nitrogen and oxygen atoms in total. The lowest BCUT2D eigenvalue weighted by Gasteiger charge is -2.47. The summed E-state index contributed by atoms with van der Waals surface area (Å²) < 4.78 is 0. The number of nitrogens with zero attached hydrogens (tertiary/aromatic N) is 1. The average Bonchev–Trinajstić information content (AvgIpc) is 2.89. The Morgan fingerprint density at radius 3 is 2.85 bits per heavy atom. The molecule has 0 radical (unpaired) electrons. The number of benzene rings is 1. The predicted octanol–water partition coefficient (Wildman–Crippen LogP) is 3.73. The van der Waals surface area contributed by atoms with Gasteiger partial charge in [0.1, 0.15) is 5.41 Å². The highest BCUT2D eigenvalue weighted by Gasteiger charge is 2.58. The van der Waals surface area contributed by atoms with E-state index in [1.807, 2.05) is 12.1 Å². The quantitative estimate of drug-likeness (QED) is 0.889. The molecule has 2 aliphatic carbocycles. The number of nitriles is 1. The van der Waals surface area contributed by atoms with Crippen molar-refractivity contribution in [2.45, 2.75) is 62.9 Å². The van der Waals surface area contributed by atoms with Crippen LogP contribution >= 0.6 is 0 Å². The van der Waals surface area contributed by atoms with E-state index in [1.54, 1.807) is 0 Å². The van der Waals surface area contributed by atoms with Gasteiger partial charge in [-0.3, -0.25) is 0 Å². The van der Waals surface area contributed by atoms with Crippen molar-refractivity contribution in [3.63, 3.8) is 0 Å². The first-order chi connectivity index (χ1) is 9.68. The highest BCUT2D eigenvalue weighted by atomic mass is 16.3. The van der Waals surface area contributed by atoms with Crippen molar-refractivity contribution in [1.29, 1.82) is 5.26 Å². The van der Waals surface area contributed by atoms with Crippen LogP contribution in [0.3, 0.4) is 0 Å². The van der Waals surface area contributed by atoms with Crippen LogP contribution in [-0.2, 0) is 11.8 Å². The number of aryl methyl sites for hydroxylation is 1. The first-order valence-corrected chi connectivity index (χ1v) is 7.90. The summed E-state index contributed by atoms with van der Waals surface area (Å²) in [6, 6.07) is 10.8. The summed E-state index contributed by atoms with van der Waals surface area (Å²) in [6.45, 7) is 2.14. The molecule has 2 heteroatoms. The molecule has 3 atom stereocenters. The Labute approximate surface area is 121 Å². The van der Waals surface area contributed by atoms with Crippen molar-refractivity contribution >= 4 is 0 Å². The number of fused-ring (bicyclic) bond motifs is 1. The Bertz CT molecular complexity index is 547. The summed E-state index contributed by atoms with van der Waals surface area (Å²) in [5.41, 5.74) is 0.818. The molecule has 106 valence electrons. The maximum atomic E-state index is 11.5. The minimum absolute atomic E-state index is 0.258. The number of rotatable bonds is 2. The Morgan fingerprint density at radius 2 is 2.10 bits per heavy atom. The van der Waals surface area contributed by atoms with Crippen molar-refractivity contribution in [3.05, 3.63) is 35.4 Å². The Balaban J connectivity index is 2.17. The molecule has 0 heterocycles. The van der Waals surface area contributed by atoms with Gasteiger partial charge in [-0.25, -0.2) is 0 Å². The van der Waals surface area contributed by atoms with Crippen LogP contribution in [0.2, 0.25) is 0 Å². The van der Waals surface area contributed by atoms with E-state index in [-0.39, 0.29) is 5.92 Å². The van der Waals surface area contributed by atoms with Crippen molar-refractivity contribution in [3.8, 4) is 6.07 Å². The van der Waals surface area contributed by atoms with Gasteiger partial charge >= 0.3 is 0 Å². The van der Waals surface area contributed by atoms with Gasteiger partial charge in [0.2, 0.25) is 0 Å². The van der Waals surface area contributed by atoms with Crippen molar-refractivity contribution < 1.29 is 5.11 Å². The van der Waals surface area contributed by atoms with Crippen LogP contribution in [0, 0.1) is 17.2 Å². The van der Waals surface area contributed by atoms with Crippen LogP contribution < -0.4 is 0 Å². The van der Waals surface area contributed by atoms with E-state index >= 15 is 0 Å². The highest BCUT2D eigenvalue weighted by molar-refractivity contribution is 5.45. The molecule has 0 amide bonds. The molecule has 0 aromatic heterocycles. The standard InChI is InChI=1S/C18H23NO/c1-2-15-9-6-12-18(15,20)17(13-19)11-5-8-14-7-3-4-10-16(14)17/h3-4,7,10,15,20H,2,5-6,8-9,11-12H2,1H3. The molecule has 2 aliphatic rings. The summed E-state index contributed by atoms with van der Waals surface area (Å²) in [6.07, 6.45) is 6.66. The summed E-state index contributed by atoms with van der Waals surface area (Å²) in [5, 5.41) is 21.5. The average molecular weight is 269 g/mol. The van der Waals surface area contributed by atoms with Crippen LogP contribution in [0.25, 0.3) is 0 Å². The van der Waals surface area contributed by atoms with Crippen LogP contribution in [-0.4, -0.2) is 10.7 Å². The van der Waals surface area contributed by atoms with E-state index in [0.29, 0.717) is 0 Å². The molecule has 1 aromatic carbocycles.